The van der Waals surface area contributed by atoms with Gasteiger partial charge in [-0.3, -0.25) is 9.69 Å². The molecule has 164 valence electrons. The Bertz CT molecular complexity index is 990. The Morgan fingerprint density at radius 1 is 1.29 bits per heavy atom. The monoisotopic (exact) mass is 461 g/mol. The number of allylic oxidation sites excluding steroid dienone is 1. The molecule has 1 aliphatic heterocycles. The molecule has 1 atom stereocenters. The minimum atomic E-state index is -0.364. The molecule has 1 saturated heterocycles. The molecule has 1 heterocycles. The number of phenols is 1. The number of likely N-dealkylation sites (tertiary alicyclic amines) is 1. The molecule has 0 aliphatic carbocycles. The van der Waals surface area contributed by atoms with Crippen molar-refractivity contribution >= 4 is 35.1 Å². The summed E-state index contributed by atoms with van der Waals surface area (Å²) in [5.41, 5.74) is 1.57. The fraction of sp³-hybridized carbons (Fsp3) is 0.292. The van der Waals surface area contributed by atoms with Crippen LogP contribution in [0.2, 0.25) is 10.0 Å². The van der Waals surface area contributed by atoms with E-state index >= 15 is 0 Å². The maximum absolute atomic E-state index is 12.8. The van der Waals surface area contributed by atoms with Crippen molar-refractivity contribution in [1.29, 1.82) is 0 Å². The maximum Gasteiger partial charge on any atom is 0.189 e. The van der Waals surface area contributed by atoms with Gasteiger partial charge in [-0.05, 0) is 55.3 Å². The molecule has 2 aromatic carbocycles. The molecular formula is C24H25Cl2NO4. The maximum atomic E-state index is 12.8. The molecule has 0 amide bonds. The fourth-order valence-electron chi connectivity index (χ4n) is 3.53. The lowest BCUT2D eigenvalue weighted by molar-refractivity contribution is 0.0663. The second-order valence-electron chi connectivity index (χ2n) is 7.47. The number of aliphatic hydroxyl groups excluding tert-OH is 1. The number of ketones is 1. The van der Waals surface area contributed by atoms with Crippen LogP contribution in [0.5, 0.6) is 11.5 Å². The molecule has 7 heteroatoms. The number of hydrogen-bond donors (Lipinski definition) is 2. The van der Waals surface area contributed by atoms with E-state index in [4.69, 9.17) is 27.9 Å². The molecule has 3 rings (SSSR count). The first-order valence-corrected chi connectivity index (χ1v) is 10.8. The summed E-state index contributed by atoms with van der Waals surface area (Å²) in [6.07, 6.45) is 5.89. The van der Waals surface area contributed by atoms with Gasteiger partial charge in [0.2, 0.25) is 0 Å². The van der Waals surface area contributed by atoms with Gasteiger partial charge >= 0.3 is 0 Å². The zero-order valence-electron chi connectivity index (χ0n) is 17.1. The first kappa shape index (κ1) is 23.4. The van der Waals surface area contributed by atoms with E-state index in [2.05, 4.69) is 11.5 Å². The number of aromatic hydroxyl groups is 1. The number of ether oxygens (including phenoxy) is 1. The first-order chi connectivity index (χ1) is 14.9. The first-order valence-electron chi connectivity index (χ1n) is 10.0. The number of benzene rings is 2. The van der Waals surface area contributed by atoms with Crippen LogP contribution in [0.15, 0.2) is 49.1 Å². The summed E-state index contributed by atoms with van der Waals surface area (Å²) in [7, 11) is 0. The molecule has 31 heavy (non-hydrogen) atoms. The number of carbonyl (C=O) groups excluding carboxylic acids is 1. The third-order valence-electron chi connectivity index (χ3n) is 5.05. The van der Waals surface area contributed by atoms with Crippen LogP contribution in [0.4, 0.5) is 0 Å². The second kappa shape index (κ2) is 10.8. The Morgan fingerprint density at radius 3 is 2.81 bits per heavy atom. The van der Waals surface area contributed by atoms with Gasteiger partial charge in [0, 0.05) is 34.8 Å². The van der Waals surface area contributed by atoms with E-state index in [0.29, 0.717) is 34.4 Å². The van der Waals surface area contributed by atoms with Gasteiger partial charge in [0.25, 0.3) is 0 Å². The summed E-state index contributed by atoms with van der Waals surface area (Å²) >= 11 is 12.1. The highest BCUT2D eigenvalue weighted by Crippen LogP contribution is 2.31. The largest absolute Gasteiger partial charge is 0.507 e. The van der Waals surface area contributed by atoms with Crippen molar-refractivity contribution in [2.75, 3.05) is 19.7 Å². The van der Waals surface area contributed by atoms with Crippen molar-refractivity contribution in [2.24, 2.45) is 0 Å². The number of rotatable bonds is 8. The molecule has 2 N–H and O–H groups in total. The van der Waals surface area contributed by atoms with Crippen molar-refractivity contribution < 1.29 is 19.7 Å². The number of β-amino-alcohol motifs (C(OH)–C–C–N with tert-alkyl or cyclic N) is 1. The molecule has 5 nitrogen and oxygen atoms in total. The second-order valence-corrected chi connectivity index (χ2v) is 8.31. The lowest BCUT2D eigenvalue weighted by Gasteiger charge is -2.30. The summed E-state index contributed by atoms with van der Waals surface area (Å²) in [6.45, 7) is 5.82. The molecule has 0 bridgehead atoms. The molecule has 2 aromatic rings. The normalized spacial score (nSPS) is 17.1. The Labute approximate surface area is 192 Å². The number of phenolic OH excluding ortho intramolecular Hbond substituents is 1. The third kappa shape index (κ3) is 6.34. The molecule has 0 saturated carbocycles. The zero-order chi connectivity index (χ0) is 22.4. The van der Waals surface area contributed by atoms with Crippen LogP contribution in [0.25, 0.3) is 6.08 Å². The van der Waals surface area contributed by atoms with Crippen LogP contribution in [0.1, 0.15) is 34.3 Å². The highest BCUT2D eigenvalue weighted by molar-refractivity contribution is 6.35. The van der Waals surface area contributed by atoms with Gasteiger partial charge in [-0.1, -0.05) is 41.9 Å². The van der Waals surface area contributed by atoms with Gasteiger partial charge in [0.15, 0.2) is 5.78 Å². The Hall–Kier alpha value is -2.31. The molecule has 0 radical (unpaired) electrons. The minimum absolute atomic E-state index is 0.167. The van der Waals surface area contributed by atoms with Crippen molar-refractivity contribution in [2.45, 2.75) is 25.5 Å². The Balaban J connectivity index is 1.87. The molecular weight excluding hydrogens is 437 g/mol. The molecule has 1 aliphatic rings. The minimum Gasteiger partial charge on any atom is -0.507 e. The molecule has 1 fully saturated rings. The van der Waals surface area contributed by atoms with Gasteiger partial charge in [-0.15, -0.1) is 0 Å². The summed E-state index contributed by atoms with van der Waals surface area (Å²) in [5.74, 6) is -0.0456. The molecule has 1 unspecified atom stereocenters. The number of nitrogens with zero attached hydrogens (tertiary/aromatic N) is 1. The van der Waals surface area contributed by atoms with Crippen molar-refractivity contribution in [3.05, 3.63) is 75.8 Å². The SMILES string of the molecule is C=CCOc1cc(O)c(C(=O)/C=C/c2ccc(Cl)cc2Cl)cc1CN1CCCC(O)C1. The van der Waals surface area contributed by atoms with Gasteiger partial charge < -0.3 is 14.9 Å². The van der Waals surface area contributed by atoms with Crippen LogP contribution in [-0.4, -0.2) is 46.7 Å². The van der Waals surface area contributed by atoms with Gasteiger partial charge in [-0.2, -0.15) is 0 Å². The van der Waals surface area contributed by atoms with E-state index in [1.165, 1.54) is 12.1 Å². The number of halogens is 2. The average Bonchev–Trinajstić information content (AvgIpc) is 2.73. The van der Waals surface area contributed by atoms with E-state index in [-0.39, 0.29) is 29.8 Å². The molecule has 0 aromatic heterocycles. The van der Waals surface area contributed by atoms with E-state index in [1.807, 2.05) is 0 Å². The van der Waals surface area contributed by atoms with Gasteiger partial charge in [0.05, 0.1) is 11.7 Å². The highest BCUT2D eigenvalue weighted by Gasteiger charge is 2.21. The van der Waals surface area contributed by atoms with E-state index < -0.39 is 0 Å². The Morgan fingerprint density at radius 2 is 2.10 bits per heavy atom. The fourth-order valence-corrected chi connectivity index (χ4v) is 4.00. The molecule has 0 spiro atoms. The summed E-state index contributed by atoms with van der Waals surface area (Å²) in [6, 6.07) is 8.10. The average molecular weight is 462 g/mol. The Kier molecular flexibility index (Phi) is 8.15. The summed E-state index contributed by atoms with van der Waals surface area (Å²) in [4.78, 5) is 14.9. The lowest BCUT2D eigenvalue weighted by atomic mass is 10.0. The third-order valence-corrected chi connectivity index (χ3v) is 5.61. The summed E-state index contributed by atoms with van der Waals surface area (Å²) < 4.78 is 5.70. The quantitative estimate of drug-likeness (QED) is 0.324. The van der Waals surface area contributed by atoms with Crippen LogP contribution in [0.3, 0.4) is 0 Å². The highest BCUT2D eigenvalue weighted by atomic mass is 35.5. The van der Waals surface area contributed by atoms with Crippen molar-refractivity contribution in [1.82, 2.24) is 4.90 Å². The van der Waals surface area contributed by atoms with E-state index in [9.17, 15) is 15.0 Å². The van der Waals surface area contributed by atoms with Crippen LogP contribution in [-0.2, 0) is 6.54 Å². The number of carbonyl (C=O) groups is 1. The van der Waals surface area contributed by atoms with Crippen LogP contribution in [0, 0.1) is 0 Å². The van der Waals surface area contributed by atoms with Crippen LogP contribution >= 0.6 is 23.2 Å². The zero-order valence-corrected chi connectivity index (χ0v) is 18.6. The van der Waals surface area contributed by atoms with E-state index in [0.717, 1.165) is 24.9 Å². The van der Waals surface area contributed by atoms with E-state index in [1.54, 1.807) is 36.4 Å². The predicted octanol–water partition coefficient (Wildman–Crippen LogP) is 5.12. The number of aliphatic hydroxyl groups is 1. The van der Waals surface area contributed by atoms with Crippen molar-refractivity contribution in [3.8, 4) is 11.5 Å². The van der Waals surface area contributed by atoms with Gasteiger partial charge in [0.1, 0.15) is 18.1 Å². The topological polar surface area (TPSA) is 70.0 Å². The van der Waals surface area contributed by atoms with Crippen molar-refractivity contribution in [3.63, 3.8) is 0 Å². The standard InChI is InChI=1S/C24H25Cl2NO4/c1-2-10-31-24-13-23(30)20(11-17(24)14-27-9-3-4-19(28)15-27)22(29)8-6-16-5-7-18(25)12-21(16)26/h2,5-8,11-13,19,28,30H,1,3-4,9-10,14-15H2/b8-6+. The smallest absolute Gasteiger partial charge is 0.189 e. The van der Waals surface area contributed by atoms with Gasteiger partial charge in [-0.25, -0.2) is 0 Å². The number of piperidine rings is 1. The summed E-state index contributed by atoms with van der Waals surface area (Å²) in [5, 5.41) is 21.4. The number of hydrogen-bond acceptors (Lipinski definition) is 5. The lowest BCUT2D eigenvalue weighted by Crippen LogP contribution is -2.37. The van der Waals surface area contributed by atoms with Crippen LogP contribution < -0.4 is 4.74 Å². The predicted molar refractivity (Wildman–Crippen MR) is 124 cm³/mol.